The zero-order valence-corrected chi connectivity index (χ0v) is 7.95. The molecule has 1 atom stereocenters. The monoisotopic (exact) mass is 181 g/mol. The average molecular weight is 181 g/mol. The molecule has 0 spiro atoms. The number of pyridine rings is 1. The third kappa shape index (κ3) is 2.91. The number of anilines is 1. The predicted molar refractivity (Wildman–Crippen MR) is 52.9 cm³/mol. The standard InChI is InChI=1S/C9H15N3O/c1-7(5-10)12-8-3-4-9(13-2)11-6-8/h3-4,6-7,12H,5,10H2,1-2H3. The van der Waals surface area contributed by atoms with Crippen LogP contribution in [0.2, 0.25) is 0 Å². The molecule has 0 saturated carbocycles. The van der Waals surface area contributed by atoms with Gasteiger partial charge in [-0.3, -0.25) is 0 Å². The van der Waals surface area contributed by atoms with Gasteiger partial charge in [0.15, 0.2) is 0 Å². The van der Waals surface area contributed by atoms with Crippen molar-refractivity contribution in [3.8, 4) is 5.88 Å². The van der Waals surface area contributed by atoms with Crippen molar-refractivity contribution in [1.29, 1.82) is 0 Å². The quantitative estimate of drug-likeness (QED) is 0.723. The zero-order valence-electron chi connectivity index (χ0n) is 7.95. The lowest BCUT2D eigenvalue weighted by Gasteiger charge is -2.12. The van der Waals surface area contributed by atoms with Crippen molar-refractivity contribution in [1.82, 2.24) is 4.98 Å². The van der Waals surface area contributed by atoms with Crippen molar-refractivity contribution in [3.63, 3.8) is 0 Å². The van der Waals surface area contributed by atoms with E-state index in [9.17, 15) is 0 Å². The summed E-state index contributed by atoms with van der Waals surface area (Å²) in [4.78, 5) is 4.06. The van der Waals surface area contributed by atoms with E-state index in [1.807, 2.05) is 19.1 Å². The number of nitrogens with one attached hydrogen (secondary N) is 1. The van der Waals surface area contributed by atoms with Crippen LogP contribution >= 0.6 is 0 Å². The fourth-order valence-corrected chi connectivity index (χ4v) is 0.930. The molecule has 0 amide bonds. The molecule has 1 unspecified atom stereocenters. The number of hydrogen-bond donors (Lipinski definition) is 2. The van der Waals surface area contributed by atoms with Crippen molar-refractivity contribution >= 4 is 5.69 Å². The van der Waals surface area contributed by atoms with Crippen LogP contribution in [0.4, 0.5) is 5.69 Å². The number of hydrogen-bond acceptors (Lipinski definition) is 4. The summed E-state index contributed by atoms with van der Waals surface area (Å²) in [6.07, 6.45) is 1.73. The van der Waals surface area contributed by atoms with Gasteiger partial charge in [0.2, 0.25) is 5.88 Å². The summed E-state index contributed by atoms with van der Waals surface area (Å²) in [5.74, 6) is 0.617. The summed E-state index contributed by atoms with van der Waals surface area (Å²) in [7, 11) is 1.60. The third-order valence-electron chi connectivity index (χ3n) is 1.71. The van der Waals surface area contributed by atoms with Gasteiger partial charge in [-0.1, -0.05) is 0 Å². The van der Waals surface area contributed by atoms with E-state index in [-0.39, 0.29) is 6.04 Å². The SMILES string of the molecule is COc1ccc(NC(C)CN)cn1. The van der Waals surface area contributed by atoms with Crippen LogP contribution in [-0.2, 0) is 0 Å². The van der Waals surface area contributed by atoms with Gasteiger partial charge < -0.3 is 15.8 Å². The van der Waals surface area contributed by atoms with E-state index < -0.39 is 0 Å². The van der Waals surface area contributed by atoms with Crippen LogP contribution in [0.15, 0.2) is 18.3 Å². The molecule has 13 heavy (non-hydrogen) atoms. The van der Waals surface area contributed by atoms with Crippen molar-refractivity contribution in [2.45, 2.75) is 13.0 Å². The average Bonchev–Trinajstić information content (AvgIpc) is 2.19. The highest BCUT2D eigenvalue weighted by Crippen LogP contribution is 2.11. The maximum atomic E-state index is 5.47. The highest BCUT2D eigenvalue weighted by Gasteiger charge is 1.99. The molecule has 4 nitrogen and oxygen atoms in total. The van der Waals surface area contributed by atoms with Gasteiger partial charge in [-0.15, -0.1) is 0 Å². The number of nitrogens with two attached hydrogens (primary N) is 1. The van der Waals surface area contributed by atoms with Crippen LogP contribution in [0.5, 0.6) is 5.88 Å². The van der Waals surface area contributed by atoms with E-state index in [0.717, 1.165) is 5.69 Å². The molecule has 0 radical (unpaired) electrons. The van der Waals surface area contributed by atoms with Crippen molar-refractivity contribution in [2.24, 2.45) is 5.73 Å². The Bertz CT molecular complexity index is 248. The number of nitrogens with zero attached hydrogens (tertiary/aromatic N) is 1. The van der Waals surface area contributed by atoms with Crippen LogP contribution in [0.1, 0.15) is 6.92 Å². The topological polar surface area (TPSA) is 60.2 Å². The highest BCUT2D eigenvalue weighted by molar-refractivity contribution is 5.42. The van der Waals surface area contributed by atoms with Gasteiger partial charge in [0, 0.05) is 18.7 Å². The van der Waals surface area contributed by atoms with Crippen molar-refractivity contribution in [2.75, 3.05) is 19.0 Å². The maximum Gasteiger partial charge on any atom is 0.213 e. The molecule has 3 N–H and O–H groups in total. The first-order chi connectivity index (χ1) is 6.26. The summed E-state index contributed by atoms with van der Waals surface area (Å²) < 4.78 is 4.94. The molecule has 72 valence electrons. The second-order valence-electron chi connectivity index (χ2n) is 2.87. The minimum absolute atomic E-state index is 0.259. The number of aromatic nitrogens is 1. The predicted octanol–water partition coefficient (Wildman–Crippen LogP) is 0.849. The van der Waals surface area contributed by atoms with Gasteiger partial charge >= 0.3 is 0 Å². The summed E-state index contributed by atoms with van der Waals surface area (Å²) in [5.41, 5.74) is 6.43. The molecule has 1 aromatic heterocycles. The molecule has 0 aromatic carbocycles. The van der Waals surface area contributed by atoms with Gasteiger partial charge in [0.25, 0.3) is 0 Å². The largest absolute Gasteiger partial charge is 0.481 e. The minimum Gasteiger partial charge on any atom is -0.481 e. The molecule has 1 rings (SSSR count). The zero-order chi connectivity index (χ0) is 9.68. The Labute approximate surface area is 78.1 Å². The Hall–Kier alpha value is -1.29. The molecule has 0 aliphatic heterocycles. The van der Waals surface area contributed by atoms with Gasteiger partial charge in [-0.25, -0.2) is 4.98 Å². The van der Waals surface area contributed by atoms with Crippen LogP contribution in [0.25, 0.3) is 0 Å². The first kappa shape index (κ1) is 9.80. The van der Waals surface area contributed by atoms with Crippen molar-refractivity contribution in [3.05, 3.63) is 18.3 Å². The lowest BCUT2D eigenvalue weighted by Crippen LogP contribution is -2.25. The van der Waals surface area contributed by atoms with E-state index >= 15 is 0 Å². The van der Waals surface area contributed by atoms with Gasteiger partial charge in [0.05, 0.1) is 19.0 Å². The molecule has 0 bridgehead atoms. The Morgan fingerprint density at radius 3 is 2.85 bits per heavy atom. The Balaban J connectivity index is 2.58. The first-order valence-electron chi connectivity index (χ1n) is 4.23. The molecule has 0 fully saturated rings. The Morgan fingerprint density at radius 2 is 2.38 bits per heavy atom. The third-order valence-corrected chi connectivity index (χ3v) is 1.71. The molecule has 0 saturated heterocycles. The summed E-state index contributed by atoms with van der Waals surface area (Å²) in [5, 5.41) is 3.20. The van der Waals surface area contributed by atoms with E-state index in [2.05, 4.69) is 10.3 Å². The second kappa shape index (κ2) is 4.67. The summed E-state index contributed by atoms with van der Waals surface area (Å²) in [6.45, 7) is 2.62. The lowest BCUT2D eigenvalue weighted by atomic mass is 10.3. The fraction of sp³-hybridized carbons (Fsp3) is 0.444. The number of ether oxygens (including phenoxy) is 1. The van der Waals surface area contributed by atoms with Crippen LogP contribution < -0.4 is 15.8 Å². The maximum absolute atomic E-state index is 5.47. The Kier molecular flexibility index (Phi) is 3.52. The number of methoxy groups -OCH3 is 1. The smallest absolute Gasteiger partial charge is 0.213 e. The van der Waals surface area contributed by atoms with Crippen LogP contribution in [0.3, 0.4) is 0 Å². The van der Waals surface area contributed by atoms with E-state index in [1.165, 1.54) is 0 Å². The van der Waals surface area contributed by atoms with Crippen molar-refractivity contribution < 1.29 is 4.74 Å². The van der Waals surface area contributed by atoms with Crippen LogP contribution in [0, 0.1) is 0 Å². The molecule has 1 aromatic rings. The first-order valence-corrected chi connectivity index (χ1v) is 4.23. The molecular weight excluding hydrogens is 166 g/mol. The van der Waals surface area contributed by atoms with E-state index in [0.29, 0.717) is 12.4 Å². The van der Waals surface area contributed by atoms with Gasteiger partial charge in [-0.05, 0) is 13.0 Å². The van der Waals surface area contributed by atoms with E-state index in [4.69, 9.17) is 10.5 Å². The van der Waals surface area contributed by atoms with E-state index in [1.54, 1.807) is 13.3 Å². The lowest BCUT2D eigenvalue weighted by molar-refractivity contribution is 0.398. The molecular formula is C9H15N3O. The molecule has 4 heteroatoms. The van der Waals surface area contributed by atoms with Gasteiger partial charge in [-0.2, -0.15) is 0 Å². The summed E-state index contributed by atoms with van der Waals surface area (Å²) >= 11 is 0. The molecule has 1 heterocycles. The number of rotatable bonds is 4. The minimum atomic E-state index is 0.259. The van der Waals surface area contributed by atoms with Crippen LogP contribution in [-0.4, -0.2) is 24.7 Å². The fourth-order valence-electron chi connectivity index (χ4n) is 0.930. The highest BCUT2D eigenvalue weighted by atomic mass is 16.5. The molecule has 0 aliphatic carbocycles. The summed E-state index contributed by atoms with van der Waals surface area (Å²) in [6, 6.07) is 3.99. The Morgan fingerprint density at radius 1 is 1.62 bits per heavy atom. The normalized spacial score (nSPS) is 12.2. The second-order valence-corrected chi connectivity index (χ2v) is 2.87. The van der Waals surface area contributed by atoms with Gasteiger partial charge in [0.1, 0.15) is 0 Å². The molecule has 0 aliphatic rings.